The van der Waals surface area contributed by atoms with Crippen LogP contribution in [0.4, 0.5) is 5.69 Å². The molecule has 1 fully saturated rings. The Morgan fingerprint density at radius 2 is 2.04 bits per heavy atom. The number of aryl methyl sites for hydroxylation is 1. The number of piperazine rings is 1. The fourth-order valence-electron chi connectivity index (χ4n) is 3.53. The molecule has 5 nitrogen and oxygen atoms in total. The van der Waals surface area contributed by atoms with Crippen molar-refractivity contribution in [3.63, 3.8) is 0 Å². The van der Waals surface area contributed by atoms with Crippen molar-refractivity contribution in [1.29, 1.82) is 0 Å². The summed E-state index contributed by atoms with van der Waals surface area (Å²) in [7, 11) is 0. The Hall–Kier alpha value is -2.82. The zero-order valence-corrected chi connectivity index (χ0v) is 14.6. The highest BCUT2D eigenvalue weighted by molar-refractivity contribution is 5.93. The monoisotopic (exact) mass is 334 g/mol. The summed E-state index contributed by atoms with van der Waals surface area (Å²) in [5, 5.41) is 0. The van der Waals surface area contributed by atoms with E-state index in [0.717, 1.165) is 12.2 Å². The maximum absolute atomic E-state index is 12.8. The van der Waals surface area contributed by atoms with E-state index in [0.29, 0.717) is 18.8 Å². The van der Waals surface area contributed by atoms with Gasteiger partial charge in [0.2, 0.25) is 0 Å². The molecule has 5 heteroatoms. The fraction of sp³-hybridized carbons (Fsp3) is 0.300. The van der Waals surface area contributed by atoms with Crippen LogP contribution in [0.3, 0.4) is 0 Å². The highest BCUT2D eigenvalue weighted by Crippen LogP contribution is 2.22. The molecule has 25 heavy (non-hydrogen) atoms. The molecular weight excluding hydrogens is 312 g/mol. The number of hydrogen-bond acceptors (Lipinski definition) is 3. The van der Waals surface area contributed by atoms with Crippen molar-refractivity contribution in [2.24, 2.45) is 0 Å². The smallest absolute Gasteiger partial charge is 0.274 e. The number of nitrogens with zero attached hydrogens (tertiary/aromatic N) is 4. The molecule has 0 aliphatic carbocycles. The Morgan fingerprint density at radius 1 is 1.16 bits per heavy atom. The van der Waals surface area contributed by atoms with E-state index in [9.17, 15) is 4.79 Å². The van der Waals surface area contributed by atoms with Crippen LogP contribution in [0.1, 0.15) is 23.0 Å². The largest absolute Gasteiger partial charge is 0.365 e. The molecule has 0 radical (unpaired) electrons. The van der Waals surface area contributed by atoms with Crippen molar-refractivity contribution < 1.29 is 4.79 Å². The summed E-state index contributed by atoms with van der Waals surface area (Å²) >= 11 is 0. The number of carbonyl (C=O) groups excluding carboxylic acids is 1. The van der Waals surface area contributed by atoms with Crippen LogP contribution >= 0.6 is 0 Å². The minimum Gasteiger partial charge on any atom is -0.365 e. The van der Waals surface area contributed by atoms with Gasteiger partial charge in [-0.15, -0.1) is 0 Å². The molecule has 1 aliphatic rings. The van der Waals surface area contributed by atoms with Crippen LogP contribution in [0.5, 0.6) is 0 Å². The third-order valence-corrected chi connectivity index (χ3v) is 4.83. The molecule has 3 aromatic rings. The lowest BCUT2D eigenvalue weighted by molar-refractivity contribution is 0.0721. The average molecular weight is 334 g/mol. The van der Waals surface area contributed by atoms with Gasteiger partial charge in [0.05, 0.1) is 0 Å². The number of carbonyl (C=O) groups is 1. The first-order chi connectivity index (χ1) is 12.1. The second-order valence-corrected chi connectivity index (χ2v) is 6.72. The van der Waals surface area contributed by atoms with Gasteiger partial charge in [-0.05, 0) is 43.7 Å². The normalized spacial score (nSPS) is 17.9. The number of fused-ring (bicyclic) bond motifs is 1. The van der Waals surface area contributed by atoms with E-state index in [-0.39, 0.29) is 11.9 Å². The Kier molecular flexibility index (Phi) is 3.92. The van der Waals surface area contributed by atoms with Crippen molar-refractivity contribution in [2.75, 3.05) is 24.5 Å². The summed E-state index contributed by atoms with van der Waals surface area (Å²) in [5.41, 5.74) is 3.81. The minimum atomic E-state index is 0.0134. The summed E-state index contributed by atoms with van der Waals surface area (Å²) in [6.07, 6.45) is 3.73. The molecule has 1 amide bonds. The fourth-order valence-corrected chi connectivity index (χ4v) is 3.53. The van der Waals surface area contributed by atoms with Gasteiger partial charge in [0.15, 0.2) is 0 Å². The van der Waals surface area contributed by atoms with Crippen LogP contribution < -0.4 is 4.90 Å². The van der Waals surface area contributed by atoms with Gasteiger partial charge < -0.3 is 14.2 Å². The zero-order valence-electron chi connectivity index (χ0n) is 14.6. The van der Waals surface area contributed by atoms with Crippen LogP contribution in [0.15, 0.2) is 54.9 Å². The van der Waals surface area contributed by atoms with Crippen molar-refractivity contribution in [2.45, 2.75) is 19.9 Å². The van der Waals surface area contributed by atoms with E-state index in [1.54, 1.807) is 0 Å². The highest BCUT2D eigenvalue weighted by atomic mass is 16.2. The van der Waals surface area contributed by atoms with Gasteiger partial charge >= 0.3 is 0 Å². The minimum absolute atomic E-state index is 0.0134. The van der Waals surface area contributed by atoms with Gasteiger partial charge in [0.25, 0.3) is 5.91 Å². The Morgan fingerprint density at radius 3 is 2.80 bits per heavy atom. The van der Waals surface area contributed by atoms with E-state index in [2.05, 4.69) is 48.0 Å². The predicted octanol–water partition coefficient (Wildman–Crippen LogP) is 2.99. The lowest BCUT2D eigenvalue weighted by Crippen LogP contribution is -2.53. The molecule has 2 aromatic heterocycles. The standard InChI is InChI=1S/C20H22N4O/c1-15-6-5-7-17(12-15)24-11-10-23(13-16(24)2)20(25)18-14-22-9-4-3-8-19(22)21-18/h3-9,12,14,16H,10-11,13H2,1-2H3/t16-/m0/s1. The van der Waals surface area contributed by atoms with Crippen molar-refractivity contribution >= 4 is 17.2 Å². The van der Waals surface area contributed by atoms with Gasteiger partial charge in [-0.25, -0.2) is 4.98 Å². The number of amides is 1. The number of pyridine rings is 1. The summed E-state index contributed by atoms with van der Waals surface area (Å²) in [4.78, 5) is 21.6. The van der Waals surface area contributed by atoms with E-state index in [1.807, 2.05) is 39.9 Å². The maximum Gasteiger partial charge on any atom is 0.274 e. The first kappa shape index (κ1) is 15.7. The third kappa shape index (κ3) is 2.97. The zero-order chi connectivity index (χ0) is 17.4. The van der Waals surface area contributed by atoms with E-state index >= 15 is 0 Å². The summed E-state index contributed by atoms with van der Waals surface area (Å²) in [6.45, 7) is 6.54. The summed E-state index contributed by atoms with van der Waals surface area (Å²) < 4.78 is 1.89. The topological polar surface area (TPSA) is 40.9 Å². The van der Waals surface area contributed by atoms with Crippen LogP contribution in [0, 0.1) is 6.92 Å². The quantitative estimate of drug-likeness (QED) is 0.723. The molecule has 1 aromatic carbocycles. The van der Waals surface area contributed by atoms with Gasteiger partial charge in [-0.1, -0.05) is 18.2 Å². The first-order valence-corrected chi connectivity index (χ1v) is 8.68. The molecule has 128 valence electrons. The number of rotatable bonds is 2. The first-order valence-electron chi connectivity index (χ1n) is 8.68. The van der Waals surface area contributed by atoms with Gasteiger partial charge in [-0.3, -0.25) is 4.79 Å². The number of imidazole rings is 1. The van der Waals surface area contributed by atoms with Crippen LogP contribution in [0.25, 0.3) is 5.65 Å². The lowest BCUT2D eigenvalue weighted by Gasteiger charge is -2.41. The second-order valence-electron chi connectivity index (χ2n) is 6.72. The predicted molar refractivity (Wildman–Crippen MR) is 99.1 cm³/mol. The van der Waals surface area contributed by atoms with Gasteiger partial charge in [0.1, 0.15) is 11.3 Å². The van der Waals surface area contributed by atoms with E-state index in [1.165, 1.54) is 11.3 Å². The van der Waals surface area contributed by atoms with E-state index in [4.69, 9.17) is 0 Å². The van der Waals surface area contributed by atoms with E-state index < -0.39 is 0 Å². The number of benzene rings is 1. The van der Waals surface area contributed by atoms with Crippen molar-refractivity contribution in [3.8, 4) is 0 Å². The van der Waals surface area contributed by atoms with Crippen molar-refractivity contribution in [3.05, 3.63) is 66.1 Å². The highest BCUT2D eigenvalue weighted by Gasteiger charge is 2.28. The molecule has 3 heterocycles. The molecule has 1 aliphatic heterocycles. The second kappa shape index (κ2) is 6.24. The molecule has 0 bridgehead atoms. The number of anilines is 1. The molecule has 0 unspecified atom stereocenters. The SMILES string of the molecule is Cc1cccc(N2CCN(C(=O)c3cn4ccccc4n3)C[C@@H]2C)c1. The number of hydrogen-bond donors (Lipinski definition) is 0. The molecule has 1 saturated heterocycles. The lowest BCUT2D eigenvalue weighted by atomic mass is 10.1. The van der Waals surface area contributed by atoms with Gasteiger partial charge in [-0.2, -0.15) is 0 Å². The average Bonchev–Trinajstić information content (AvgIpc) is 3.05. The van der Waals surface area contributed by atoms with Crippen LogP contribution in [0.2, 0.25) is 0 Å². The molecule has 0 N–H and O–H groups in total. The maximum atomic E-state index is 12.8. The van der Waals surface area contributed by atoms with Crippen LogP contribution in [-0.4, -0.2) is 45.9 Å². The third-order valence-electron chi connectivity index (χ3n) is 4.83. The molecular formula is C20H22N4O. The summed E-state index contributed by atoms with van der Waals surface area (Å²) in [6, 6.07) is 14.6. The van der Waals surface area contributed by atoms with Crippen LogP contribution in [-0.2, 0) is 0 Å². The molecule has 0 spiro atoms. The Balaban J connectivity index is 1.51. The molecule has 4 rings (SSSR count). The molecule has 1 atom stereocenters. The van der Waals surface area contributed by atoms with Gasteiger partial charge in [0, 0.05) is 43.8 Å². The summed E-state index contributed by atoms with van der Waals surface area (Å²) in [5.74, 6) is 0.0134. The Labute approximate surface area is 147 Å². The number of aromatic nitrogens is 2. The Bertz CT molecular complexity index is 884. The molecule has 0 saturated carbocycles. The van der Waals surface area contributed by atoms with Crippen molar-refractivity contribution in [1.82, 2.24) is 14.3 Å².